The van der Waals surface area contributed by atoms with E-state index in [2.05, 4.69) is 22.9 Å². The average Bonchev–Trinajstić information content (AvgIpc) is 2.33. The van der Waals surface area contributed by atoms with Gasteiger partial charge in [0, 0.05) is 6.04 Å². The van der Waals surface area contributed by atoms with Gasteiger partial charge in [-0.2, -0.15) is 0 Å². The maximum Gasteiger partial charge on any atom is 0.137 e. The van der Waals surface area contributed by atoms with Crippen molar-refractivity contribution >= 4 is 15.9 Å². The summed E-state index contributed by atoms with van der Waals surface area (Å²) in [6.07, 6.45) is 4.80. The van der Waals surface area contributed by atoms with E-state index in [4.69, 9.17) is 5.73 Å². The number of hydrogen-bond acceptors (Lipinski definition) is 1. The lowest BCUT2D eigenvalue weighted by molar-refractivity contribution is 0.255. The van der Waals surface area contributed by atoms with Gasteiger partial charge in [-0.1, -0.05) is 31.9 Å². The zero-order chi connectivity index (χ0) is 12.4. The highest BCUT2D eigenvalue weighted by atomic mass is 79.9. The van der Waals surface area contributed by atoms with Crippen LogP contribution in [0.4, 0.5) is 4.39 Å². The molecule has 3 heteroatoms. The Hall–Kier alpha value is -0.410. The van der Waals surface area contributed by atoms with Gasteiger partial charge in [0.15, 0.2) is 0 Å². The number of nitrogens with two attached hydrogens (primary N) is 1. The fraction of sp³-hybridized carbons (Fsp3) is 0.571. The Kier molecular flexibility index (Phi) is 4.21. The van der Waals surface area contributed by atoms with Crippen molar-refractivity contribution in [2.75, 3.05) is 0 Å². The predicted octanol–water partition coefficient (Wildman–Crippen LogP) is 4.41. The molecule has 1 fully saturated rings. The molecule has 0 saturated heterocycles. The minimum Gasteiger partial charge on any atom is -0.324 e. The van der Waals surface area contributed by atoms with Crippen LogP contribution >= 0.6 is 15.9 Å². The molecular formula is C14H19BrFN. The van der Waals surface area contributed by atoms with Crippen molar-refractivity contribution in [2.24, 2.45) is 17.6 Å². The number of halogens is 2. The van der Waals surface area contributed by atoms with Crippen LogP contribution in [0.5, 0.6) is 0 Å². The molecule has 0 heterocycles. The molecule has 17 heavy (non-hydrogen) atoms. The standard InChI is InChI=1S/C14H19BrFN/c1-9-5-7-10(8-6-9)14(17)11-3-2-4-12(16)13(11)15/h2-4,9-10,14H,5-8,17H2,1H3. The lowest BCUT2D eigenvalue weighted by atomic mass is 9.78. The predicted molar refractivity (Wildman–Crippen MR) is 72.2 cm³/mol. The van der Waals surface area contributed by atoms with Crippen molar-refractivity contribution in [1.29, 1.82) is 0 Å². The molecule has 0 radical (unpaired) electrons. The van der Waals surface area contributed by atoms with Crippen LogP contribution in [0.3, 0.4) is 0 Å². The highest BCUT2D eigenvalue weighted by Crippen LogP contribution is 2.37. The first-order valence-electron chi connectivity index (χ1n) is 6.29. The van der Waals surface area contributed by atoms with Crippen LogP contribution in [-0.4, -0.2) is 0 Å². The number of rotatable bonds is 2. The van der Waals surface area contributed by atoms with Crippen LogP contribution in [-0.2, 0) is 0 Å². The first-order valence-corrected chi connectivity index (χ1v) is 7.08. The van der Waals surface area contributed by atoms with Gasteiger partial charge >= 0.3 is 0 Å². The molecule has 0 amide bonds. The summed E-state index contributed by atoms with van der Waals surface area (Å²) in [5.41, 5.74) is 7.20. The number of hydrogen-bond donors (Lipinski definition) is 1. The molecular weight excluding hydrogens is 281 g/mol. The molecule has 1 saturated carbocycles. The normalized spacial score (nSPS) is 26.8. The first-order chi connectivity index (χ1) is 8.09. The molecule has 1 atom stereocenters. The van der Waals surface area contributed by atoms with Crippen molar-refractivity contribution in [3.8, 4) is 0 Å². The Morgan fingerprint density at radius 3 is 2.59 bits per heavy atom. The second kappa shape index (κ2) is 5.49. The molecule has 1 unspecified atom stereocenters. The highest BCUT2D eigenvalue weighted by molar-refractivity contribution is 9.10. The average molecular weight is 300 g/mol. The topological polar surface area (TPSA) is 26.0 Å². The monoisotopic (exact) mass is 299 g/mol. The van der Waals surface area contributed by atoms with Gasteiger partial charge in [-0.15, -0.1) is 0 Å². The molecule has 1 aliphatic rings. The van der Waals surface area contributed by atoms with Gasteiger partial charge in [-0.25, -0.2) is 4.39 Å². The minimum absolute atomic E-state index is 0.0485. The highest BCUT2D eigenvalue weighted by Gasteiger charge is 2.26. The van der Waals surface area contributed by atoms with Crippen molar-refractivity contribution in [1.82, 2.24) is 0 Å². The van der Waals surface area contributed by atoms with Crippen LogP contribution in [0.2, 0.25) is 0 Å². The Labute approximate surface area is 111 Å². The molecule has 0 aliphatic heterocycles. The summed E-state index contributed by atoms with van der Waals surface area (Å²) in [6.45, 7) is 2.29. The summed E-state index contributed by atoms with van der Waals surface area (Å²) in [6, 6.07) is 5.08. The summed E-state index contributed by atoms with van der Waals surface area (Å²) < 4.78 is 14.0. The zero-order valence-electron chi connectivity index (χ0n) is 10.1. The van der Waals surface area contributed by atoms with Gasteiger partial charge in [0.2, 0.25) is 0 Å². The van der Waals surface area contributed by atoms with Gasteiger partial charge in [0.25, 0.3) is 0 Å². The third-order valence-corrected chi connectivity index (χ3v) is 4.75. The van der Waals surface area contributed by atoms with Gasteiger partial charge in [-0.3, -0.25) is 0 Å². The van der Waals surface area contributed by atoms with E-state index in [0.717, 1.165) is 24.3 Å². The largest absolute Gasteiger partial charge is 0.324 e. The maximum atomic E-state index is 13.5. The Balaban J connectivity index is 2.14. The van der Waals surface area contributed by atoms with Crippen molar-refractivity contribution < 1.29 is 4.39 Å². The van der Waals surface area contributed by atoms with E-state index in [1.165, 1.54) is 18.9 Å². The number of benzene rings is 1. The molecule has 0 aromatic heterocycles. The summed E-state index contributed by atoms with van der Waals surface area (Å²) in [7, 11) is 0. The van der Waals surface area contributed by atoms with Gasteiger partial charge in [-0.05, 0) is 52.2 Å². The zero-order valence-corrected chi connectivity index (χ0v) is 11.7. The first kappa shape index (κ1) is 13.0. The molecule has 94 valence electrons. The van der Waals surface area contributed by atoms with Crippen molar-refractivity contribution in [3.63, 3.8) is 0 Å². The van der Waals surface area contributed by atoms with Gasteiger partial charge in [0.05, 0.1) is 4.47 Å². The molecule has 1 aliphatic carbocycles. The Morgan fingerprint density at radius 1 is 1.29 bits per heavy atom. The third kappa shape index (κ3) is 2.89. The van der Waals surface area contributed by atoms with Crippen LogP contribution in [0.1, 0.15) is 44.2 Å². The van der Waals surface area contributed by atoms with E-state index in [0.29, 0.717) is 10.4 Å². The fourth-order valence-corrected chi connectivity index (χ4v) is 3.21. The molecule has 1 aromatic carbocycles. The van der Waals surface area contributed by atoms with E-state index in [1.807, 2.05) is 6.07 Å². The second-order valence-corrected chi connectivity index (χ2v) is 5.98. The molecule has 1 nitrogen and oxygen atoms in total. The Morgan fingerprint density at radius 2 is 1.94 bits per heavy atom. The summed E-state index contributed by atoms with van der Waals surface area (Å²) >= 11 is 3.30. The SMILES string of the molecule is CC1CCC(C(N)c2cccc(F)c2Br)CC1. The van der Waals surface area contributed by atoms with Crippen molar-refractivity contribution in [3.05, 3.63) is 34.1 Å². The van der Waals surface area contributed by atoms with E-state index < -0.39 is 0 Å². The Bertz CT molecular complexity index is 386. The van der Waals surface area contributed by atoms with Crippen molar-refractivity contribution in [2.45, 2.75) is 38.6 Å². The smallest absolute Gasteiger partial charge is 0.137 e. The maximum absolute atomic E-state index is 13.5. The minimum atomic E-state index is -0.220. The lowest BCUT2D eigenvalue weighted by Crippen LogP contribution is -2.25. The lowest BCUT2D eigenvalue weighted by Gasteiger charge is -2.31. The summed E-state index contributed by atoms with van der Waals surface area (Å²) in [4.78, 5) is 0. The van der Waals surface area contributed by atoms with Gasteiger partial charge < -0.3 is 5.73 Å². The van der Waals surface area contributed by atoms with E-state index in [9.17, 15) is 4.39 Å². The molecule has 2 N–H and O–H groups in total. The summed E-state index contributed by atoms with van der Waals surface area (Å²) in [5.74, 6) is 1.08. The fourth-order valence-electron chi connectivity index (χ4n) is 2.68. The van der Waals surface area contributed by atoms with Crippen LogP contribution in [0, 0.1) is 17.7 Å². The van der Waals surface area contributed by atoms with Crippen LogP contribution in [0.15, 0.2) is 22.7 Å². The van der Waals surface area contributed by atoms with Crippen LogP contribution < -0.4 is 5.73 Å². The van der Waals surface area contributed by atoms with E-state index in [1.54, 1.807) is 6.07 Å². The summed E-state index contributed by atoms with van der Waals surface area (Å²) in [5, 5.41) is 0. The second-order valence-electron chi connectivity index (χ2n) is 5.19. The third-order valence-electron chi connectivity index (χ3n) is 3.91. The molecule has 2 rings (SSSR count). The molecule has 0 spiro atoms. The molecule has 1 aromatic rings. The van der Waals surface area contributed by atoms with E-state index >= 15 is 0 Å². The van der Waals surface area contributed by atoms with Gasteiger partial charge in [0.1, 0.15) is 5.82 Å². The van der Waals surface area contributed by atoms with Crippen LogP contribution in [0.25, 0.3) is 0 Å². The molecule has 0 bridgehead atoms. The quantitative estimate of drug-likeness (QED) is 0.860. The van der Waals surface area contributed by atoms with E-state index in [-0.39, 0.29) is 11.9 Å².